The third kappa shape index (κ3) is 3.80. The van der Waals surface area contributed by atoms with Crippen LogP contribution in [0, 0.1) is 11.3 Å². The summed E-state index contributed by atoms with van der Waals surface area (Å²) in [5.74, 6) is 0.830. The molecule has 0 aliphatic carbocycles. The number of nitriles is 1. The normalized spacial score (nSPS) is 9.89. The molecule has 0 unspecified atom stereocenters. The van der Waals surface area contributed by atoms with Gasteiger partial charge in [-0.2, -0.15) is 5.26 Å². The van der Waals surface area contributed by atoms with Gasteiger partial charge >= 0.3 is 0 Å². The maximum Gasteiger partial charge on any atom is 0.140 e. The summed E-state index contributed by atoms with van der Waals surface area (Å²) in [7, 11) is 1.64. The van der Waals surface area contributed by atoms with Gasteiger partial charge in [-0.05, 0) is 35.4 Å². The summed E-state index contributed by atoms with van der Waals surface area (Å²) >= 11 is 0. The van der Waals surface area contributed by atoms with E-state index in [0.717, 1.165) is 16.9 Å². The Kier molecular flexibility index (Phi) is 4.49. The molecule has 4 heteroatoms. The maximum absolute atomic E-state index is 8.75. The largest absolute Gasteiger partial charge is 0.497 e. The van der Waals surface area contributed by atoms with Crippen LogP contribution in [0.5, 0.6) is 5.75 Å². The predicted octanol–water partition coefficient (Wildman–Crippen LogP) is 2.68. The monoisotopic (exact) mass is 254 g/mol. The minimum Gasteiger partial charge on any atom is -0.497 e. The first-order chi connectivity index (χ1) is 9.31. The first-order valence-electron chi connectivity index (χ1n) is 5.87. The summed E-state index contributed by atoms with van der Waals surface area (Å²) < 4.78 is 10.7. The van der Waals surface area contributed by atoms with Crippen LogP contribution >= 0.6 is 0 Å². The SMILES string of the molecule is COc1ccc(COCc2ccnc(C#N)c2)cc1. The fraction of sp³-hybridized carbons (Fsp3) is 0.200. The van der Waals surface area contributed by atoms with Gasteiger partial charge in [-0.15, -0.1) is 0 Å². The molecule has 1 heterocycles. The van der Waals surface area contributed by atoms with Crippen molar-refractivity contribution < 1.29 is 9.47 Å². The van der Waals surface area contributed by atoms with Crippen LogP contribution < -0.4 is 4.74 Å². The van der Waals surface area contributed by atoms with Crippen molar-refractivity contribution in [3.05, 3.63) is 59.4 Å². The van der Waals surface area contributed by atoms with E-state index in [2.05, 4.69) is 4.98 Å². The van der Waals surface area contributed by atoms with Crippen molar-refractivity contribution in [2.45, 2.75) is 13.2 Å². The molecule has 0 saturated heterocycles. The van der Waals surface area contributed by atoms with E-state index in [-0.39, 0.29) is 0 Å². The highest BCUT2D eigenvalue weighted by molar-refractivity contribution is 5.27. The van der Waals surface area contributed by atoms with E-state index in [0.29, 0.717) is 18.9 Å². The van der Waals surface area contributed by atoms with Crippen molar-refractivity contribution in [3.8, 4) is 11.8 Å². The van der Waals surface area contributed by atoms with Crippen LogP contribution in [-0.2, 0) is 18.0 Å². The molecule has 0 radical (unpaired) electrons. The molecule has 96 valence electrons. The molecule has 0 N–H and O–H groups in total. The number of hydrogen-bond acceptors (Lipinski definition) is 4. The second-order valence-electron chi connectivity index (χ2n) is 4.00. The minimum atomic E-state index is 0.408. The van der Waals surface area contributed by atoms with Gasteiger partial charge in [-0.1, -0.05) is 12.1 Å². The van der Waals surface area contributed by atoms with Gasteiger partial charge in [-0.3, -0.25) is 0 Å². The average molecular weight is 254 g/mol. The lowest BCUT2D eigenvalue weighted by atomic mass is 10.2. The van der Waals surface area contributed by atoms with Crippen LogP contribution in [0.3, 0.4) is 0 Å². The van der Waals surface area contributed by atoms with E-state index in [4.69, 9.17) is 14.7 Å². The standard InChI is InChI=1S/C15H14N2O2/c1-18-15-4-2-12(3-5-15)10-19-11-13-6-7-17-14(8-13)9-16/h2-8H,10-11H2,1H3. The van der Waals surface area contributed by atoms with Crippen LogP contribution in [-0.4, -0.2) is 12.1 Å². The van der Waals surface area contributed by atoms with E-state index >= 15 is 0 Å². The molecular formula is C15H14N2O2. The number of pyridine rings is 1. The third-order valence-electron chi connectivity index (χ3n) is 2.64. The average Bonchev–Trinajstić information content (AvgIpc) is 2.48. The van der Waals surface area contributed by atoms with Crippen LogP contribution in [0.15, 0.2) is 42.6 Å². The summed E-state index contributed by atoms with van der Waals surface area (Å²) in [6.45, 7) is 0.984. The van der Waals surface area contributed by atoms with Crippen molar-refractivity contribution in [1.82, 2.24) is 4.98 Å². The Hall–Kier alpha value is -2.38. The van der Waals surface area contributed by atoms with Gasteiger partial charge in [0.05, 0.1) is 20.3 Å². The minimum absolute atomic E-state index is 0.408. The molecule has 4 nitrogen and oxygen atoms in total. The van der Waals surface area contributed by atoms with Crippen molar-refractivity contribution in [2.24, 2.45) is 0 Å². The number of hydrogen-bond donors (Lipinski definition) is 0. The molecule has 0 fully saturated rings. The molecule has 0 amide bonds. The summed E-state index contributed by atoms with van der Waals surface area (Å²) in [5, 5.41) is 8.75. The number of aromatic nitrogens is 1. The summed E-state index contributed by atoms with van der Waals surface area (Å²) in [4.78, 5) is 3.91. The zero-order chi connectivity index (χ0) is 13.5. The Morgan fingerprint density at radius 2 is 1.84 bits per heavy atom. The van der Waals surface area contributed by atoms with Gasteiger partial charge in [0.2, 0.25) is 0 Å². The first-order valence-corrected chi connectivity index (χ1v) is 5.87. The topological polar surface area (TPSA) is 55.1 Å². The second kappa shape index (κ2) is 6.53. The van der Waals surface area contributed by atoms with Crippen LogP contribution in [0.4, 0.5) is 0 Å². The lowest BCUT2D eigenvalue weighted by molar-refractivity contribution is 0.107. The van der Waals surface area contributed by atoms with Crippen molar-refractivity contribution in [2.75, 3.05) is 7.11 Å². The molecule has 0 aliphatic heterocycles. The quantitative estimate of drug-likeness (QED) is 0.823. The highest BCUT2D eigenvalue weighted by Gasteiger charge is 1.98. The lowest BCUT2D eigenvalue weighted by Crippen LogP contribution is -1.95. The van der Waals surface area contributed by atoms with Crippen LogP contribution in [0.25, 0.3) is 0 Å². The zero-order valence-electron chi connectivity index (χ0n) is 10.7. The summed E-state index contributed by atoms with van der Waals surface area (Å²) in [6.07, 6.45) is 1.62. The van der Waals surface area contributed by atoms with E-state index in [9.17, 15) is 0 Å². The molecule has 1 aromatic heterocycles. The van der Waals surface area contributed by atoms with Crippen molar-refractivity contribution >= 4 is 0 Å². The van der Waals surface area contributed by atoms with Crippen LogP contribution in [0.2, 0.25) is 0 Å². The van der Waals surface area contributed by atoms with Gasteiger partial charge in [0.15, 0.2) is 0 Å². The molecule has 0 spiro atoms. The molecular weight excluding hydrogens is 240 g/mol. The Labute approximate surface area is 112 Å². The van der Waals surface area contributed by atoms with Gasteiger partial charge < -0.3 is 9.47 Å². The highest BCUT2D eigenvalue weighted by atomic mass is 16.5. The summed E-state index contributed by atoms with van der Waals surface area (Å²) in [5.41, 5.74) is 2.43. The van der Waals surface area contributed by atoms with Gasteiger partial charge in [0.1, 0.15) is 17.5 Å². The Morgan fingerprint density at radius 3 is 2.53 bits per heavy atom. The maximum atomic E-state index is 8.75. The highest BCUT2D eigenvalue weighted by Crippen LogP contribution is 2.12. The van der Waals surface area contributed by atoms with Gasteiger partial charge in [0, 0.05) is 6.20 Å². The molecule has 0 bridgehead atoms. The molecule has 0 saturated carbocycles. The number of ether oxygens (including phenoxy) is 2. The Bertz CT molecular complexity index is 573. The number of rotatable bonds is 5. The predicted molar refractivity (Wildman–Crippen MR) is 70.4 cm³/mol. The van der Waals surface area contributed by atoms with Gasteiger partial charge in [-0.25, -0.2) is 4.98 Å². The third-order valence-corrected chi connectivity index (χ3v) is 2.64. The molecule has 19 heavy (non-hydrogen) atoms. The smallest absolute Gasteiger partial charge is 0.140 e. The Balaban J connectivity index is 1.87. The first kappa shape index (κ1) is 13.1. The van der Waals surface area contributed by atoms with Crippen molar-refractivity contribution in [3.63, 3.8) is 0 Å². The van der Waals surface area contributed by atoms with E-state index < -0.39 is 0 Å². The Morgan fingerprint density at radius 1 is 1.11 bits per heavy atom. The molecule has 0 aliphatic rings. The van der Waals surface area contributed by atoms with Crippen molar-refractivity contribution in [1.29, 1.82) is 5.26 Å². The van der Waals surface area contributed by atoms with E-state index in [1.807, 2.05) is 36.4 Å². The fourth-order valence-corrected chi connectivity index (χ4v) is 1.63. The summed E-state index contributed by atoms with van der Waals surface area (Å²) in [6, 6.07) is 13.3. The molecule has 2 rings (SSSR count). The second-order valence-corrected chi connectivity index (χ2v) is 4.00. The lowest BCUT2D eigenvalue weighted by Gasteiger charge is -2.05. The number of nitrogens with zero attached hydrogens (tertiary/aromatic N) is 2. The van der Waals surface area contributed by atoms with E-state index in [1.54, 1.807) is 19.4 Å². The van der Waals surface area contributed by atoms with Crippen LogP contribution in [0.1, 0.15) is 16.8 Å². The van der Waals surface area contributed by atoms with Gasteiger partial charge in [0.25, 0.3) is 0 Å². The molecule has 1 aromatic carbocycles. The molecule has 2 aromatic rings. The zero-order valence-corrected chi connectivity index (χ0v) is 10.7. The fourth-order valence-electron chi connectivity index (χ4n) is 1.63. The number of benzene rings is 1. The molecule has 0 atom stereocenters. The van der Waals surface area contributed by atoms with E-state index in [1.165, 1.54) is 0 Å². The number of methoxy groups -OCH3 is 1.